The molecule has 15 heavy (non-hydrogen) atoms. The summed E-state index contributed by atoms with van der Waals surface area (Å²) in [5.41, 5.74) is -3.35. The number of hydrogen-bond donors (Lipinski definition) is 2. The highest BCUT2D eigenvalue weighted by Crippen LogP contribution is 2.31. The summed E-state index contributed by atoms with van der Waals surface area (Å²) < 4.78 is 0. The van der Waals surface area contributed by atoms with Crippen LogP contribution in [0.2, 0.25) is 0 Å². The number of allylic oxidation sites excluding steroid dienone is 2. The Kier molecular flexibility index (Phi) is 2.94. The van der Waals surface area contributed by atoms with Gasteiger partial charge in [0, 0.05) is 11.1 Å². The minimum atomic E-state index is -2.53. The molecule has 0 spiro atoms. The number of aliphatic hydroxyl groups is 2. The van der Waals surface area contributed by atoms with E-state index in [1.165, 1.54) is 0 Å². The molecule has 0 aromatic heterocycles. The van der Waals surface area contributed by atoms with Crippen LogP contribution in [-0.2, 0) is 4.79 Å². The number of nitrogens with zero attached hydrogens (tertiary/aromatic N) is 1. The van der Waals surface area contributed by atoms with Gasteiger partial charge >= 0.3 is 0 Å². The Labute approximate surface area is 89.6 Å². The van der Waals surface area contributed by atoms with E-state index in [1.807, 2.05) is 0 Å². The van der Waals surface area contributed by atoms with Crippen molar-refractivity contribution in [3.8, 4) is 0 Å². The van der Waals surface area contributed by atoms with Crippen LogP contribution in [0.15, 0.2) is 22.9 Å². The van der Waals surface area contributed by atoms with Crippen molar-refractivity contribution >= 4 is 17.4 Å². The first kappa shape index (κ1) is 11.8. The second-order valence-electron chi connectivity index (χ2n) is 3.11. The van der Waals surface area contributed by atoms with Crippen LogP contribution in [0.5, 0.6) is 0 Å². The number of carbonyl (C=O) groups excluding carboxylic acids is 1. The second-order valence-corrected chi connectivity index (χ2v) is 3.54. The molecule has 1 aliphatic carbocycles. The zero-order valence-electron chi connectivity index (χ0n) is 7.68. The lowest BCUT2D eigenvalue weighted by Crippen LogP contribution is -2.52. The van der Waals surface area contributed by atoms with Gasteiger partial charge in [0.15, 0.2) is 5.78 Å². The largest absolute Gasteiger partial charge is 0.385 e. The van der Waals surface area contributed by atoms with Crippen LogP contribution >= 0.6 is 11.6 Å². The third-order valence-electron chi connectivity index (χ3n) is 2.14. The Morgan fingerprint density at radius 3 is 2.67 bits per heavy atom. The Hall–Kier alpha value is -1.24. The van der Waals surface area contributed by atoms with E-state index in [0.717, 1.165) is 19.1 Å². The van der Waals surface area contributed by atoms with Gasteiger partial charge in [-0.1, -0.05) is 11.6 Å². The fourth-order valence-electron chi connectivity index (χ4n) is 1.29. The van der Waals surface area contributed by atoms with Crippen molar-refractivity contribution in [1.29, 1.82) is 0 Å². The third-order valence-corrected chi connectivity index (χ3v) is 2.38. The van der Waals surface area contributed by atoms with Crippen LogP contribution in [0.4, 0.5) is 0 Å². The molecule has 0 heterocycles. The van der Waals surface area contributed by atoms with Gasteiger partial charge in [-0.15, -0.1) is 0 Å². The van der Waals surface area contributed by atoms with Gasteiger partial charge in [-0.3, -0.25) is 14.9 Å². The first-order chi connectivity index (χ1) is 6.80. The maximum Gasteiger partial charge on any atom is 0.289 e. The molecule has 6 nitrogen and oxygen atoms in total. The molecule has 0 aromatic carbocycles. The summed E-state index contributed by atoms with van der Waals surface area (Å²) in [6.07, 6.45) is 0.0962. The number of ketones is 1. The van der Waals surface area contributed by atoms with Gasteiger partial charge in [0.1, 0.15) is 6.10 Å². The van der Waals surface area contributed by atoms with E-state index in [2.05, 4.69) is 0 Å². The Bertz CT molecular complexity index is 388. The number of carbonyl (C=O) groups is 1. The molecule has 0 radical (unpaired) electrons. The lowest BCUT2D eigenvalue weighted by atomic mass is 9.85. The topological polar surface area (TPSA) is 101 Å². The van der Waals surface area contributed by atoms with E-state index in [9.17, 15) is 25.1 Å². The van der Waals surface area contributed by atoms with Crippen molar-refractivity contribution in [1.82, 2.24) is 0 Å². The molecule has 0 fully saturated rings. The summed E-state index contributed by atoms with van der Waals surface area (Å²) in [7, 11) is 0. The quantitative estimate of drug-likeness (QED) is 0.515. The number of rotatable bonds is 2. The highest BCUT2D eigenvalue weighted by Gasteiger charge is 2.52. The Balaban J connectivity index is 3.34. The van der Waals surface area contributed by atoms with Crippen molar-refractivity contribution in [2.24, 2.45) is 0 Å². The maximum absolute atomic E-state index is 11.1. The summed E-state index contributed by atoms with van der Waals surface area (Å²) >= 11 is 5.48. The maximum atomic E-state index is 11.1. The molecule has 0 saturated carbocycles. The molecule has 82 valence electrons. The minimum Gasteiger partial charge on any atom is -0.385 e. The molecule has 1 rings (SSSR count). The number of aliphatic hydroxyl groups excluding tert-OH is 1. The molecular weight excluding hydrogens is 226 g/mol. The first-order valence-electron chi connectivity index (χ1n) is 3.95. The van der Waals surface area contributed by atoms with E-state index >= 15 is 0 Å². The van der Waals surface area contributed by atoms with Gasteiger partial charge in [-0.2, -0.15) is 0 Å². The molecule has 0 bridgehead atoms. The van der Waals surface area contributed by atoms with Crippen molar-refractivity contribution in [3.05, 3.63) is 33.0 Å². The van der Waals surface area contributed by atoms with Crippen molar-refractivity contribution < 1.29 is 19.9 Å². The monoisotopic (exact) mass is 233 g/mol. The van der Waals surface area contributed by atoms with Gasteiger partial charge in [-0.05, 0) is 13.0 Å². The zero-order valence-corrected chi connectivity index (χ0v) is 8.43. The SMILES string of the molecule is CC(=O)C1(O)C([N+](=O)[O-])=CC(Cl)=CC1O. The van der Waals surface area contributed by atoms with E-state index in [1.54, 1.807) is 0 Å². The fraction of sp³-hybridized carbons (Fsp3) is 0.375. The predicted molar refractivity (Wildman–Crippen MR) is 50.7 cm³/mol. The van der Waals surface area contributed by atoms with Crippen LogP contribution in [0, 0.1) is 10.1 Å². The molecule has 0 amide bonds. The summed E-state index contributed by atoms with van der Waals surface area (Å²) in [4.78, 5) is 20.8. The average molecular weight is 234 g/mol. The molecular formula is C8H8ClNO5. The molecule has 0 saturated heterocycles. The van der Waals surface area contributed by atoms with Gasteiger partial charge in [0.05, 0.1) is 4.92 Å². The van der Waals surface area contributed by atoms with Crippen molar-refractivity contribution in [3.63, 3.8) is 0 Å². The third kappa shape index (κ3) is 1.79. The Morgan fingerprint density at radius 1 is 1.73 bits per heavy atom. The molecule has 2 N–H and O–H groups in total. The highest BCUT2D eigenvalue weighted by molar-refractivity contribution is 6.31. The van der Waals surface area contributed by atoms with Gasteiger partial charge in [0.2, 0.25) is 5.60 Å². The Morgan fingerprint density at radius 2 is 2.27 bits per heavy atom. The molecule has 2 atom stereocenters. The standard InChI is InChI=1S/C8H8ClNO5/c1-4(11)8(13)6(10(14)15)2-5(9)3-7(8)12/h2-3,7,12-13H,1H3. The summed E-state index contributed by atoms with van der Waals surface area (Å²) in [5, 5.41) is 29.7. The van der Waals surface area contributed by atoms with E-state index in [4.69, 9.17) is 11.6 Å². The number of nitro groups is 1. The number of Topliss-reactive ketones (excluding diaryl/α,β-unsaturated/α-hetero) is 1. The summed E-state index contributed by atoms with van der Waals surface area (Å²) in [5.74, 6) is -0.918. The summed E-state index contributed by atoms with van der Waals surface area (Å²) in [6, 6.07) is 0. The minimum absolute atomic E-state index is 0.0971. The lowest BCUT2D eigenvalue weighted by molar-refractivity contribution is -0.444. The number of halogens is 1. The molecule has 0 aliphatic heterocycles. The normalized spacial score (nSPS) is 30.5. The van der Waals surface area contributed by atoms with Crippen LogP contribution in [-0.4, -0.2) is 32.6 Å². The van der Waals surface area contributed by atoms with E-state index in [-0.39, 0.29) is 5.03 Å². The molecule has 1 aliphatic rings. The van der Waals surface area contributed by atoms with Crippen LogP contribution in [0.3, 0.4) is 0 Å². The average Bonchev–Trinajstić information content (AvgIpc) is 2.10. The van der Waals surface area contributed by atoms with Crippen LogP contribution < -0.4 is 0 Å². The van der Waals surface area contributed by atoms with Gasteiger partial charge < -0.3 is 10.2 Å². The van der Waals surface area contributed by atoms with Crippen LogP contribution in [0.25, 0.3) is 0 Å². The van der Waals surface area contributed by atoms with Gasteiger partial charge in [0.25, 0.3) is 5.70 Å². The van der Waals surface area contributed by atoms with Gasteiger partial charge in [-0.25, -0.2) is 0 Å². The molecule has 2 unspecified atom stereocenters. The molecule has 0 aromatic rings. The van der Waals surface area contributed by atoms with Crippen molar-refractivity contribution in [2.75, 3.05) is 0 Å². The zero-order chi connectivity index (χ0) is 11.8. The predicted octanol–water partition coefficient (Wildman–Crippen LogP) is -0.0357. The fourth-order valence-corrected chi connectivity index (χ4v) is 1.51. The summed E-state index contributed by atoms with van der Waals surface area (Å²) in [6.45, 7) is 0.952. The van der Waals surface area contributed by atoms with E-state index in [0.29, 0.717) is 0 Å². The lowest BCUT2D eigenvalue weighted by Gasteiger charge is -2.28. The van der Waals surface area contributed by atoms with E-state index < -0.39 is 28.1 Å². The molecule has 7 heteroatoms. The highest BCUT2D eigenvalue weighted by atomic mass is 35.5. The van der Waals surface area contributed by atoms with Crippen LogP contribution in [0.1, 0.15) is 6.92 Å². The first-order valence-corrected chi connectivity index (χ1v) is 4.33. The number of hydrogen-bond acceptors (Lipinski definition) is 5. The van der Waals surface area contributed by atoms with Crippen molar-refractivity contribution in [2.45, 2.75) is 18.6 Å². The smallest absolute Gasteiger partial charge is 0.289 e. The second kappa shape index (κ2) is 3.73.